The molecule has 1 aliphatic rings. The van der Waals surface area contributed by atoms with Crippen molar-refractivity contribution >= 4 is 27.5 Å². The molecule has 0 amide bonds. The third-order valence-electron chi connectivity index (χ3n) is 3.01. The van der Waals surface area contributed by atoms with Gasteiger partial charge in [-0.2, -0.15) is 0 Å². The second-order valence-electron chi connectivity index (χ2n) is 4.54. The number of hydrogen-bond donors (Lipinski definition) is 0. The van der Waals surface area contributed by atoms with E-state index in [9.17, 15) is 0 Å². The Labute approximate surface area is 130 Å². The number of nitrogens with zero attached hydrogens (tertiary/aromatic N) is 3. The van der Waals surface area contributed by atoms with Crippen LogP contribution in [0.1, 0.15) is 23.6 Å². The highest BCUT2D eigenvalue weighted by molar-refractivity contribution is 9.10. The predicted octanol–water partition coefficient (Wildman–Crippen LogP) is 3.16. The lowest BCUT2D eigenvalue weighted by atomic mass is 10.2. The zero-order chi connectivity index (χ0) is 14.1. The molecule has 1 aromatic carbocycles. The topological polar surface area (TPSA) is 49.2 Å². The second-order valence-corrected chi connectivity index (χ2v) is 6.05. The molecule has 0 radical (unpaired) electrons. The van der Waals surface area contributed by atoms with E-state index >= 15 is 0 Å². The van der Waals surface area contributed by atoms with Gasteiger partial charge in [0.15, 0.2) is 11.5 Å². The zero-order valence-corrected chi connectivity index (χ0v) is 13.2. The fraction of sp³-hybridized carbons (Fsp3) is 0.385. The molecular formula is C13H13BrClN3O2. The summed E-state index contributed by atoms with van der Waals surface area (Å²) >= 11 is 9.53. The summed E-state index contributed by atoms with van der Waals surface area (Å²) in [5, 5.41) is 7.97. The number of rotatable bonds is 3. The maximum atomic E-state index is 5.98. The fourth-order valence-corrected chi connectivity index (χ4v) is 2.52. The highest BCUT2D eigenvalue weighted by Gasteiger charge is 2.15. The van der Waals surface area contributed by atoms with Crippen molar-refractivity contribution in [3.63, 3.8) is 0 Å². The Morgan fingerprint density at radius 1 is 1.35 bits per heavy atom. The van der Waals surface area contributed by atoms with Gasteiger partial charge >= 0.3 is 0 Å². The maximum Gasteiger partial charge on any atom is 0.162 e. The third kappa shape index (κ3) is 2.76. The van der Waals surface area contributed by atoms with Gasteiger partial charge in [0.1, 0.15) is 18.9 Å². The van der Waals surface area contributed by atoms with Crippen molar-refractivity contribution in [2.24, 2.45) is 0 Å². The van der Waals surface area contributed by atoms with Crippen molar-refractivity contribution in [1.82, 2.24) is 15.0 Å². The average molecular weight is 359 g/mol. The summed E-state index contributed by atoms with van der Waals surface area (Å²) in [4.78, 5) is 0. The van der Waals surface area contributed by atoms with Gasteiger partial charge < -0.3 is 9.47 Å². The van der Waals surface area contributed by atoms with E-state index in [-0.39, 0.29) is 5.38 Å². The quantitative estimate of drug-likeness (QED) is 0.791. The molecule has 3 rings (SSSR count). The molecule has 1 aromatic heterocycles. The van der Waals surface area contributed by atoms with Crippen LogP contribution in [0.25, 0.3) is 0 Å². The monoisotopic (exact) mass is 357 g/mol. The first-order valence-electron chi connectivity index (χ1n) is 6.25. The molecule has 0 fully saturated rings. The van der Waals surface area contributed by atoms with Gasteiger partial charge in [0.05, 0.1) is 18.1 Å². The van der Waals surface area contributed by atoms with E-state index in [0.717, 1.165) is 27.2 Å². The number of ether oxygens (including phenoxy) is 2. The smallest absolute Gasteiger partial charge is 0.162 e. The van der Waals surface area contributed by atoms with E-state index in [0.29, 0.717) is 19.8 Å². The number of benzene rings is 1. The molecule has 0 aliphatic carbocycles. The largest absolute Gasteiger partial charge is 0.486 e. The summed E-state index contributed by atoms with van der Waals surface area (Å²) in [5.74, 6) is 1.53. The first-order chi connectivity index (χ1) is 9.63. The highest BCUT2D eigenvalue weighted by Crippen LogP contribution is 2.35. The predicted molar refractivity (Wildman–Crippen MR) is 78.5 cm³/mol. The van der Waals surface area contributed by atoms with Gasteiger partial charge in [-0.25, -0.2) is 4.68 Å². The Bertz CT molecular complexity index is 630. The Balaban J connectivity index is 1.86. The summed E-state index contributed by atoms with van der Waals surface area (Å²) in [5.41, 5.74) is 1.81. The van der Waals surface area contributed by atoms with Crippen LogP contribution in [0.4, 0.5) is 0 Å². The third-order valence-corrected chi connectivity index (χ3v) is 3.97. The van der Waals surface area contributed by atoms with Gasteiger partial charge in [-0.1, -0.05) is 21.1 Å². The Hall–Kier alpha value is -1.27. The van der Waals surface area contributed by atoms with Crippen LogP contribution in [0.5, 0.6) is 11.5 Å². The van der Waals surface area contributed by atoms with E-state index in [1.807, 2.05) is 25.3 Å². The summed E-state index contributed by atoms with van der Waals surface area (Å²) in [6.45, 7) is 3.62. The normalized spacial score (nSPS) is 15.2. The Kier molecular flexibility index (Phi) is 3.85. The maximum absolute atomic E-state index is 5.98. The lowest BCUT2D eigenvalue weighted by molar-refractivity contribution is 0.171. The van der Waals surface area contributed by atoms with Crippen LogP contribution in [0.2, 0.25) is 0 Å². The first-order valence-corrected chi connectivity index (χ1v) is 7.48. The van der Waals surface area contributed by atoms with Crippen LogP contribution in [0, 0.1) is 0 Å². The van der Waals surface area contributed by atoms with Gasteiger partial charge in [-0.15, -0.1) is 16.7 Å². The Morgan fingerprint density at radius 2 is 2.05 bits per heavy atom. The zero-order valence-electron chi connectivity index (χ0n) is 10.8. The van der Waals surface area contributed by atoms with Crippen LogP contribution in [0.15, 0.2) is 22.8 Å². The molecule has 1 aliphatic heterocycles. The summed E-state index contributed by atoms with van der Waals surface area (Å²) in [6, 6.07) is 3.88. The molecule has 0 bridgehead atoms. The minimum Gasteiger partial charge on any atom is -0.486 e. The number of alkyl halides is 1. The summed E-state index contributed by atoms with van der Waals surface area (Å²) in [7, 11) is 0. The molecule has 0 spiro atoms. The molecule has 2 aromatic rings. The number of halogens is 2. The fourth-order valence-electron chi connectivity index (χ4n) is 1.97. The number of hydrogen-bond acceptors (Lipinski definition) is 4. The lowest BCUT2D eigenvalue weighted by Gasteiger charge is -2.19. The van der Waals surface area contributed by atoms with Crippen molar-refractivity contribution in [3.05, 3.63) is 34.1 Å². The number of fused-ring (bicyclic) bond motifs is 1. The van der Waals surface area contributed by atoms with Crippen LogP contribution in [0.3, 0.4) is 0 Å². The van der Waals surface area contributed by atoms with E-state index < -0.39 is 0 Å². The van der Waals surface area contributed by atoms with E-state index in [1.54, 1.807) is 4.68 Å². The van der Waals surface area contributed by atoms with Crippen molar-refractivity contribution < 1.29 is 9.47 Å². The van der Waals surface area contributed by atoms with Crippen molar-refractivity contribution in [2.75, 3.05) is 13.2 Å². The highest BCUT2D eigenvalue weighted by atomic mass is 79.9. The van der Waals surface area contributed by atoms with Gasteiger partial charge in [0, 0.05) is 4.47 Å². The minimum atomic E-state index is -0.146. The summed E-state index contributed by atoms with van der Waals surface area (Å²) < 4.78 is 13.8. The molecule has 0 saturated carbocycles. The van der Waals surface area contributed by atoms with Gasteiger partial charge in [-0.05, 0) is 24.6 Å². The molecule has 2 heterocycles. The first kappa shape index (κ1) is 13.7. The molecular weight excluding hydrogens is 346 g/mol. The molecule has 1 unspecified atom stereocenters. The molecule has 0 N–H and O–H groups in total. The van der Waals surface area contributed by atoms with Gasteiger partial charge in [0.2, 0.25) is 0 Å². The van der Waals surface area contributed by atoms with E-state index in [2.05, 4.69) is 26.2 Å². The lowest BCUT2D eigenvalue weighted by Crippen LogP contribution is -2.16. The van der Waals surface area contributed by atoms with Crippen molar-refractivity contribution in [2.45, 2.75) is 18.8 Å². The van der Waals surface area contributed by atoms with Crippen molar-refractivity contribution in [1.29, 1.82) is 0 Å². The Morgan fingerprint density at radius 3 is 2.70 bits per heavy atom. The van der Waals surface area contributed by atoms with E-state index in [4.69, 9.17) is 21.1 Å². The molecule has 106 valence electrons. The van der Waals surface area contributed by atoms with Gasteiger partial charge in [0.25, 0.3) is 0 Å². The van der Waals surface area contributed by atoms with Gasteiger partial charge in [-0.3, -0.25) is 0 Å². The van der Waals surface area contributed by atoms with Crippen LogP contribution in [-0.2, 0) is 6.54 Å². The second kappa shape index (κ2) is 5.61. The molecule has 0 saturated heterocycles. The van der Waals surface area contributed by atoms with Crippen LogP contribution >= 0.6 is 27.5 Å². The summed E-state index contributed by atoms with van der Waals surface area (Å²) in [6.07, 6.45) is 1.85. The SMILES string of the molecule is CC(Cl)c1cn(Cc2cc3c(cc2Br)OCCO3)nn1. The van der Waals surface area contributed by atoms with Crippen molar-refractivity contribution in [3.8, 4) is 11.5 Å². The van der Waals surface area contributed by atoms with Crippen LogP contribution < -0.4 is 9.47 Å². The van der Waals surface area contributed by atoms with Crippen LogP contribution in [-0.4, -0.2) is 28.2 Å². The molecule has 1 atom stereocenters. The molecule has 7 heteroatoms. The standard InChI is InChI=1S/C13H13BrClN3O2/c1-8(15)11-7-18(17-16-11)6-9-4-12-13(5-10(9)14)20-3-2-19-12/h4-5,7-8H,2-3,6H2,1H3. The molecule has 5 nitrogen and oxygen atoms in total. The minimum absolute atomic E-state index is 0.146. The average Bonchev–Trinajstić information content (AvgIpc) is 2.88. The molecule has 20 heavy (non-hydrogen) atoms. The number of aromatic nitrogens is 3. The van der Waals surface area contributed by atoms with E-state index in [1.165, 1.54) is 0 Å².